The molecule has 1 aliphatic rings. The summed E-state index contributed by atoms with van der Waals surface area (Å²) in [6.07, 6.45) is 4.60. The predicted molar refractivity (Wildman–Crippen MR) is 73.7 cm³/mol. The quantitative estimate of drug-likeness (QED) is 0.757. The number of aryl methyl sites for hydroxylation is 2. The SMILES string of the molecule is Cc1ccc(/C=C/C2SCCS2)c(C)c1. The summed E-state index contributed by atoms with van der Waals surface area (Å²) in [7, 11) is 0. The fraction of sp³-hybridized carbons (Fsp3) is 0.385. The van der Waals surface area contributed by atoms with Crippen LogP contribution < -0.4 is 0 Å². The van der Waals surface area contributed by atoms with Crippen molar-refractivity contribution in [2.75, 3.05) is 11.5 Å². The molecule has 1 fully saturated rings. The fourth-order valence-corrected chi connectivity index (χ4v) is 4.26. The summed E-state index contributed by atoms with van der Waals surface area (Å²) in [6.45, 7) is 4.32. The molecule has 1 saturated heterocycles. The normalized spacial score (nSPS) is 17.7. The molecule has 0 unspecified atom stereocenters. The first-order chi connectivity index (χ1) is 7.25. The summed E-state index contributed by atoms with van der Waals surface area (Å²) >= 11 is 4.09. The Labute approximate surface area is 101 Å². The van der Waals surface area contributed by atoms with E-state index in [0.717, 1.165) is 0 Å². The van der Waals surface area contributed by atoms with Crippen LogP contribution in [0.3, 0.4) is 0 Å². The summed E-state index contributed by atoms with van der Waals surface area (Å²) in [5.74, 6) is 2.60. The van der Waals surface area contributed by atoms with Gasteiger partial charge in [-0.3, -0.25) is 0 Å². The first-order valence-electron chi connectivity index (χ1n) is 5.24. The number of hydrogen-bond acceptors (Lipinski definition) is 2. The van der Waals surface area contributed by atoms with Crippen molar-refractivity contribution in [2.45, 2.75) is 18.4 Å². The molecule has 2 heteroatoms. The van der Waals surface area contributed by atoms with Crippen LogP contribution >= 0.6 is 23.5 Å². The van der Waals surface area contributed by atoms with Gasteiger partial charge in [-0.2, -0.15) is 0 Å². The molecule has 15 heavy (non-hydrogen) atoms. The van der Waals surface area contributed by atoms with Gasteiger partial charge in [0, 0.05) is 11.5 Å². The molecule has 0 saturated carbocycles. The molecule has 0 spiro atoms. The number of thioether (sulfide) groups is 2. The molecule has 1 aromatic carbocycles. The molecule has 80 valence electrons. The molecular weight excluding hydrogens is 220 g/mol. The number of benzene rings is 1. The minimum absolute atomic E-state index is 0.672. The van der Waals surface area contributed by atoms with E-state index < -0.39 is 0 Å². The summed E-state index contributed by atoms with van der Waals surface area (Å²) in [5.41, 5.74) is 4.07. The van der Waals surface area contributed by atoms with E-state index in [1.165, 1.54) is 28.2 Å². The highest BCUT2D eigenvalue weighted by molar-refractivity contribution is 8.20. The second-order valence-electron chi connectivity index (χ2n) is 3.83. The first kappa shape index (κ1) is 11.2. The summed E-state index contributed by atoms with van der Waals surface area (Å²) in [5, 5.41) is 0. The second kappa shape index (κ2) is 5.13. The van der Waals surface area contributed by atoms with Crippen molar-refractivity contribution < 1.29 is 0 Å². The van der Waals surface area contributed by atoms with Crippen molar-refractivity contribution in [3.8, 4) is 0 Å². The van der Waals surface area contributed by atoms with Crippen molar-refractivity contribution in [1.82, 2.24) is 0 Å². The number of rotatable bonds is 2. The van der Waals surface area contributed by atoms with Crippen molar-refractivity contribution >= 4 is 29.6 Å². The molecule has 1 heterocycles. The van der Waals surface area contributed by atoms with Crippen molar-refractivity contribution in [3.05, 3.63) is 41.0 Å². The zero-order valence-corrected chi connectivity index (χ0v) is 10.8. The van der Waals surface area contributed by atoms with Gasteiger partial charge in [-0.05, 0) is 25.0 Å². The van der Waals surface area contributed by atoms with Crippen LogP contribution in [0.25, 0.3) is 6.08 Å². The molecule has 1 aromatic rings. The van der Waals surface area contributed by atoms with Crippen LogP contribution in [-0.2, 0) is 0 Å². The standard InChI is InChI=1S/C13H16S2/c1-10-3-4-12(11(2)9-10)5-6-13-14-7-8-15-13/h3-6,9,13H,7-8H2,1-2H3/b6-5+. The summed E-state index contributed by atoms with van der Waals surface area (Å²) in [4.78, 5) is 0. The minimum Gasteiger partial charge on any atom is -0.143 e. The van der Waals surface area contributed by atoms with Gasteiger partial charge in [0.2, 0.25) is 0 Å². The number of hydrogen-bond donors (Lipinski definition) is 0. The molecule has 0 atom stereocenters. The molecule has 1 aliphatic heterocycles. The molecule has 0 N–H and O–H groups in total. The van der Waals surface area contributed by atoms with E-state index in [1.807, 2.05) is 23.5 Å². The highest BCUT2D eigenvalue weighted by Crippen LogP contribution is 2.33. The molecule has 0 amide bonds. The Morgan fingerprint density at radius 2 is 1.93 bits per heavy atom. The van der Waals surface area contributed by atoms with Gasteiger partial charge in [0.15, 0.2) is 0 Å². The highest BCUT2D eigenvalue weighted by atomic mass is 32.2. The van der Waals surface area contributed by atoms with Crippen molar-refractivity contribution in [1.29, 1.82) is 0 Å². The average Bonchev–Trinajstić information content (AvgIpc) is 2.69. The molecule has 0 aromatic heterocycles. The van der Waals surface area contributed by atoms with E-state index in [4.69, 9.17) is 0 Å². The van der Waals surface area contributed by atoms with Gasteiger partial charge in [-0.1, -0.05) is 35.9 Å². The largest absolute Gasteiger partial charge is 0.143 e. The van der Waals surface area contributed by atoms with Crippen molar-refractivity contribution in [2.24, 2.45) is 0 Å². The van der Waals surface area contributed by atoms with Gasteiger partial charge in [0.05, 0.1) is 4.58 Å². The molecule has 0 aliphatic carbocycles. The lowest BCUT2D eigenvalue weighted by atomic mass is 10.1. The lowest BCUT2D eigenvalue weighted by molar-refractivity contribution is 1.37. The molecule has 0 nitrogen and oxygen atoms in total. The van der Waals surface area contributed by atoms with Crippen LogP contribution in [0.5, 0.6) is 0 Å². The van der Waals surface area contributed by atoms with Gasteiger partial charge in [0.1, 0.15) is 0 Å². The Bertz CT molecular complexity index is 363. The van der Waals surface area contributed by atoms with Gasteiger partial charge in [-0.15, -0.1) is 23.5 Å². The van der Waals surface area contributed by atoms with E-state index >= 15 is 0 Å². The third-order valence-corrected chi connectivity index (χ3v) is 5.43. The van der Waals surface area contributed by atoms with Crippen LogP contribution in [0.2, 0.25) is 0 Å². The lowest BCUT2D eigenvalue weighted by Crippen LogP contribution is -1.85. The van der Waals surface area contributed by atoms with Crippen LogP contribution in [0.15, 0.2) is 24.3 Å². The maximum atomic E-state index is 2.33. The zero-order valence-electron chi connectivity index (χ0n) is 9.19. The molecule has 0 radical (unpaired) electrons. The first-order valence-corrected chi connectivity index (χ1v) is 7.34. The second-order valence-corrected chi connectivity index (χ2v) is 6.63. The minimum atomic E-state index is 0.672. The average molecular weight is 236 g/mol. The third kappa shape index (κ3) is 3.05. The smallest absolute Gasteiger partial charge is 0.0686 e. The van der Waals surface area contributed by atoms with Crippen LogP contribution in [0.4, 0.5) is 0 Å². The van der Waals surface area contributed by atoms with Gasteiger partial charge in [-0.25, -0.2) is 0 Å². The van der Waals surface area contributed by atoms with Crippen LogP contribution in [0.1, 0.15) is 16.7 Å². The molecule has 2 rings (SSSR count). The van der Waals surface area contributed by atoms with E-state index in [2.05, 4.69) is 44.2 Å². The Balaban J connectivity index is 2.09. The van der Waals surface area contributed by atoms with E-state index in [-0.39, 0.29) is 0 Å². The van der Waals surface area contributed by atoms with Gasteiger partial charge >= 0.3 is 0 Å². The Hall–Kier alpha value is -0.340. The molecule has 0 bridgehead atoms. The van der Waals surface area contributed by atoms with Crippen LogP contribution in [0, 0.1) is 13.8 Å². The lowest BCUT2D eigenvalue weighted by Gasteiger charge is -2.03. The zero-order chi connectivity index (χ0) is 10.7. The Kier molecular flexibility index (Phi) is 3.81. The topological polar surface area (TPSA) is 0 Å². The fourth-order valence-electron chi connectivity index (χ4n) is 1.68. The molecular formula is C13H16S2. The van der Waals surface area contributed by atoms with Gasteiger partial charge in [0.25, 0.3) is 0 Å². The van der Waals surface area contributed by atoms with E-state index in [1.54, 1.807) is 0 Å². The third-order valence-electron chi connectivity index (χ3n) is 2.51. The van der Waals surface area contributed by atoms with E-state index in [0.29, 0.717) is 4.58 Å². The Morgan fingerprint density at radius 1 is 1.20 bits per heavy atom. The van der Waals surface area contributed by atoms with E-state index in [9.17, 15) is 0 Å². The van der Waals surface area contributed by atoms with Crippen molar-refractivity contribution in [3.63, 3.8) is 0 Å². The monoisotopic (exact) mass is 236 g/mol. The maximum Gasteiger partial charge on any atom is 0.0686 e. The highest BCUT2D eigenvalue weighted by Gasteiger charge is 2.12. The maximum absolute atomic E-state index is 2.33. The summed E-state index contributed by atoms with van der Waals surface area (Å²) in [6, 6.07) is 6.64. The van der Waals surface area contributed by atoms with Gasteiger partial charge < -0.3 is 0 Å². The van der Waals surface area contributed by atoms with Crippen LogP contribution in [-0.4, -0.2) is 16.1 Å². The predicted octanol–water partition coefficient (Wildman–Crippen LogP) is 4.12. The summed E-state index contributed by atoms with van der Waals surface area (Å²) < 4.78 is 0.672. The Morgan fingerprint density at radius 3 is 2.60 bits per heavy atom.